The number of hydrogen-bond donors (Lipinski definition) is 2. The van der Waals surface area contributed by atoms with E-state index in [-0.39, 0.29) is 22.9 Å². The number of pyridine rings is 1. The van der Waals surface area contributed by atoms with Crippen LogP contribution >= 0.6 is 0 Å². The summed E-state index contributed by atoms with van der Waals surface area (Å²) >= 11 is 0. The van der Waals surface area contributed by atoms with Crippen molar-refractivity contribution in [1.82, 2.24) is 4.98 Å². The van der Waals surface area contributed by atoms with Crippen LogP contribution in [-0.4, -0.2) is 15.4 Å². The van der Waals surface area contributed by atoms with Gasteiger partial charge in [-0.3, -0.25) is 10.1 Å². The van der Waals surface area contributed by atoms with Gasteiger partial charge in [0.05, 0.1) is 4.92 Å². The minimum atomic E-state index is -0.448. The van der Waals surface area contributed by atoms with Gasteiger partial charge in [0.15, 0.2) is 0 Å². The van der Waals surface area contributed by atoms with Gasteiger partial charge in [-0.2, -0.15) is 0 Å². The number of rotatable bonds is 3. The van der Waals surface area contributed by atoms with Gasteiger partial charge in [0.25, 0.3) is 0 Å². The van der Waals surface area contributed by atoms with E-state index in [1.165, 1.54) is 12.1 Å². The Morgan fingerprint density at radius 3 is 2.75 bits per heavy atom. The molecule has 1 aliphatic rings. The van der Waals surface area contributed by atoms with Crippen LogP contribution < -0.4 is 11.1 Å². The van der Waals surface area contributed by atoms with Crippen molar-refractivity contribution in [2.45, 2.75) is 31.7 Å². The fourth-order valence-corrected chi connectivity index (χ4v) is 1.82. The molecule has 1 aliphatic carbocycles. The molecule has 0 atom stereocenters. The van der Waals surface area contributed by atoms with Crippen molar-refractivity contribution in [3.05, 3.63) is 22.2 Å². The summed E-state index contributed by atoms with van der Waals surface area (Å²) in [6.45, 7) is 2.03. The molecule has 0 aliphatic heterocycles. The number of nitrogens with zero attached hydrogens (tertiary/aromatic N) is 2. The van der Waals surface area contributed by atoms with Gasteiger partial charge in [0.1, 0.15) is 5.82 Å². The molecule has 0 unspecified atom stereocenters. The van der Waals surface area contributed by atoms with Gasteiger partial charge in [-0.1, -0.05) is 0 Å². The zero-order valence-corrected chi connectivity index (χ0v) is 9.06. The molecule has 86 valence electrons. The van der Waals surface area contributed by atoms with E-state index < -0.39 is 4.92 Å². The van der Waals surface area contributed by atoms with Crippen LogP contribution in [0.2, 0.25) is 0 Å². The van der Waals surface area contributed by atoms with Crippen molar-refractivity contribution in [2.24, 2.45) is 0 Å². The first-order valence-corrected chi connectivity index (χ1v) is 5.19. The zero-order valence-electron chi connectivity index (χ0n) is 9.06. The van der Waals surface area contributed by atoms with Crippen LogP contribution in [0.25, 0.3) is 0 Å². The van der Waals surface area contributed by atoms with Crippen molar-refractivity contribution in [3.8, 4) is 0 Å². The molecule has 16 heavy (non-hydrogen) atoms. The maximum atomic E-state index is 10.8. The molecule has 0 radical (unpaired) electrons. The highest BCUT2D eigenvalue weighted by Gasteiger charge is 2.33. The molecule has 1 aromatic rings. The summed E-state index contributed by atoms with van der Waals surface area (Å²) in [5.41, 5.74) is 5.43. The van der Waals surface area contributed by atoms with E-state index in [0.717, 1.165) is 19.3 Å². The van der Waals surface area contributed by atoms with E-state index in [4.69, 9.17) is 5.73 Å². The highest BCUT2D eigenvalue weighted by molar-refractivity contribution is 5.60. The molecule has 1 heterocycles. The van der Waals surface area contributed by atoms with E-state index in [0.29, 0.717) is 0 Å². The quantitative estimate of drug-likeness (QED) is 0.602. The third-order valence-electron chi connectivity index (χ3n) is 2.97. The van der Waals surface area contributed by atoms with Crippen LogP contribution in [0, 0.1) is 10.1 Å². The van der Waals surface area contributed by atoms with Crippen molar-refractivity contribution in [3.63, 3.8) is 0 Å². The molecule has 0 aromatic carbocycles. The Bertz CT molecular complexity index is 429. The van der Waals surface area contributed by atoms with Crippen molar-refractivity contribution < 1.29 is 4.92 Å². The Kier molecular flexibility index (Phi) is 2.41. The summed E-state index contributed by atoms with van der Waals surface area (Å²) in [6, 6.07) is 2.82. The SMILES string of the molecule is CC1(Nc2nc(N)ccc2[N+](=O)[O-])CCC1. The number of anilines is 2. The lowest BCUT2D eigenvalue weighted by molar-refractivity contribution is -0.384. The summed E-state index contributed by atoms with van der Waals surface area (Å²) in [4.78, 5) is 14.3. The molecule has 1 saturated carbocycles. The Morgan fingerprint density at radius 1 is 1.56 bits per heavy atom. The molecule has 6 nitrogen and oxygen atoms in total. The van der Waals surface area contributed by atoms with Crippen LogP contribution in [0.1, 0.15) is 26.2 Å². The van der Waals surface area contributed by atoms with E-state index >= 15 is 0 Å². The molecule has 0 spiro atoms. The summed E-state index contributed by atoms with van der Waals surface area (Å²) in [6.07, 6.45) is 3.14. The smallest absolute Gasteiger partial charge is 0.311 e. The number of nitrogen functional groups attached to an aromatic ring is 1. The number of hydrogen-bond acceptors (Lipinski definition) is 5. The maximum Gasteiger partial charge on any atom is 0.311 e. The lowest BCUT2D eigenvalue weighted by atomic mass is 9.78. The van der Waals surface area contributed by atoms with Crippen molar-refractivity contribution >= 4 is 17.3 Å². The van der Waals surface area contributed by atoms with Gasteiger partial charge in [-0.15, -0.1) is 0 Å². The molecular weight excluding hydrogens is 208 g/mol. The second-order valence-corrected chi connectivity index (χ2v) is 4.40. The maximum absolute atomic E-state index is 10.8. The summed E-state index contributed by atoms with van der Waals surface area (Å²) in [7, 11) is 0. The van der Waals surface area contributed by atoms with E-state index in [2.05, 4.69) is 10.3 Å². The molecule has 6 heteroatoms. The topological polar surface area (TPSA) is 94.1 Å². The number of nitrogens with two attached hydrogens (primary N) is 1. The first kappa shape index (κ1) is 10.7. The average molecular weight is 222 g/mol. The summed E-state index contributed by atoms with van der Waals surface area (Å²) in [5.74, 6) is 0.559. The highest BCUT2D eigenvalue weighted by atomic mass is 16.6. The highest BCUT2D eigenvalue weighted by Crippen LogP contribution is 2.36. The molecule has 1 fully saturated rings. The van der Waals surface area contributed by atoms with Crippen LogP contribution in [0.3, 0.4) is 0 Å². The second kappa shape index (κ2) is 3.62. The number of aromatic nitrogens is 1. The molecule has 0 amide bonds. The lowest BCUT2D eigenvalue weighted by Gasteiger charge is -2.39. The molecule has 2 rings (SSSR count). The summed E-state index contributed by atoms with van der Waals surface area (Å²) in [5, 5.41) is 13.9. The second-order valence-electron chi connectivity index (χ2n) is 4.40. The van der Waals surface area contributed by atoms with Gasteiger partial charge in [-0.25, -0.2) is 4.98 Å². The van der Waals surface area contributed by atoms with E-state index in [1.807, 2.05) is 6.92 Å². The van der Waals surface area contributed by atoms with Crippen LogP contribution in [0.5, 0.6) is 0 Å². The first-order chi connectivity index (χ1) is 7.50. The Hall–Kier alpha value is -1.85. The largest absolute Gasteiger partial charge is 0.384 e. The van der Waals surface area contributed by atoms with E-state index in [9.17, 15) is 10.1 Å². The van der Waals surface area contributed by atoms with Crippen molar-refractivity contribution in [2.75, 3.05) is 11.1 Å². The molecule has 3 N–H and O–H groups in total. The monoisotopic (exact) mass is 222 g/mol. The predicted octanol–water partition coefficient (Wildman–Crippen LogP) is 1.93. The molecule has 1 aromatic heterocycles. The predicted molar refractivity (Wildman–Crippen MR) is 61.2 cm³/mol. The van der Waals surface area contributed by atoms with Gasteiger partial charge >= 0.3 is 5.69 Å². The number of nitro groups is 1. The Morgan fingerprint density at radius 2 is 2.25 bits per heavy atom. The molecular formula is C10H14N4O2. The van der Waals surface area contributed by atoms with Crippen LogP contribution in [0.15, 0.2) is 12.1 Å². The fraction of sp³-hybridized carbons (Fsp3) is 0.500. The number of nitrogens with one attached hydrogen (secondary N) is 1. The minimum Gasteiger partial charge on any atom is -0.384 e. The van der Waals surface area contributed by atoms with Gasteiger partial charge < -0.3 is 11.1 Å². The van der Waals surface area contributed by atoms with E-state index in [1.54, 1.807) is 0 Å². The Balaban J connectivity index is 2.30. The van der Waals surface area contributed by atoms with Gasteiger partial charge in [0, 0.05) is 11.6 Å². The standard InChI is InChI=1S/C10H14N4O2/c1-10(5-2-6-10)13-9-7(14(15)16)3-4-8(11)12-9/h3-4H,2,5-6H2,1H3,(H3,11,12,13). The Labute approximate surface area is 93.0 Å². The third kappa shape index (κ3) is 1.91. The first-order valence-electron chi connectivity index (χ1n) is 5.19. The van der Waals surface area contributed by atoms with Gasteiger partial charge in [-0.05, 0) is 32.3 Å². The van der Waals surface area contributed by atoms with Crippen LogP contribution in [0.4, 0.5) is 17.3 Å². The van der Waals surface area contributed by atoms with Crippen molar-refractivity contribution in [1.29, 1.82) is 0 Å². The minimum absolute atomic E-state index is 0.0256. The van der Waals surface area contributed by atoms with Gasteiger partial charge in [0.2, 0.25) is 5.82 Å². The molecule has 0 bridgehead atoms. The summed E-state index contributed by atoms with van der Waals surface area (Å²) < 4.78 is 0. The zero-order chi connectivity index (χ0) is 11.8. The molecule has 0 saturated heterocycles. The normalized spacial score (nSPS) is 17.6. The average Bonchev–Trinajstić information content (AvgIpc) is 2.15. The lowest BCUT2D eigenvalue weighted by Crippen LogP contribution is -2.42. The van der Waals surface area contributed by atoms with Crippen LogP contribution in [-0.2, 0) is 0 Å². The third-order valence-corrected chi connectivity index (χ3v) is 2.97. The fourth-order valence-electron chi connectivity index (χ4n) is 1.82.